The number of hydrogen-bond acceptors (Lipinski definition) is 2. The zero-order chi connectivity index (χ0) is 15.7. The Labute approximate surface area is 129 Å². The molecule has 1 aliphatic heterocycles. The zero-order valence-corrected chi connectivity index (χ0v) is 12.8. The van der Waals surface area contributed by atoms with Crippen LogP contribution in [0.15, 0.2) is 48.8 Å². The van der Waals surface area contributed by atoms with Gasteiger partial charge in [-0.2, -0.15) is 0 Å². The smallest absolute Gasteiger partial charge is 0.255 e. The van der Waals surface area contributed by atoms with Crippen LogP contribution in [0, 0.1) is 11.2 Å². The Bertz CT molecular complexity index is 684. The van der Waals surface area contributed by atoms with Gasteiger partial charge in [0.1, 0.15) is 5.82 Å². The van der Waals surface area contributed by atoms with Gasteiger partial charge in [-0.1, -0.05) is 44.2 Å². The summed E-state index contributed by atoms with van der Waals surface area (Å²) in [5, 5.41) is 0. The molecule has 3 nitrogen and oxygen atoms in total. The molecule has 2 heterocycles. The second kappa shape index (κ2) is 5.52. The van der Waals surface area contributed by atoms with E-state index in [-0.39, 0.29) is 17.2 Å². The van der Waals surface area contributed by atoms with E-state index in [0.717, 1.165) is 6.20 Å². The van der Waals surface area contributed by atoms with Crippen LogP contribution in [0.25, 0.3) is 0 Å². The van der Waals surface area contributed by atoms with Crippen LogP contribution < -0.4 is 0 Å². The van der Waals surface area contributed by atoms with Crippen molar-refractivity contribution in [2.75, 3.05) is 13.1 Å². The lowest BCUT2D eigenvalue weighted by atomic mass is 9.78. The SMILES string of the molecule is CC1(C)CN(C(=O)c2cncc(F)c2)CC1c1ccccc1. The molecule has 22 heavy (non-hydrogen) atoms. The number of benzene rings is 1. The maximum Gasteiger partial charge on any atom is 0.255 e. The largest absolute Gasteiger partial charge is 0.337 e. The van der Waals surface area contributed by atoms with Crippen molar-refractivity contribution in [2.24, 2.45) is 5.41 Å². The number of amides is 1. The van der Waals surface area contributed by atoms with Crippen molar-refractivity contribution in [1.29, 1.82) is 0 Å². The van der Waals surface area contributed by atoms with Gasteiger partial charge in [0.05, 0.1) is 11.8 Å². The number of carbonyl (C=O) groups is 1. The molecule has 0 bridgehead atoms. The number of aromatic nitrogens is 1. The predicted molar refractivity (Wildman–Crippen MR) is 83.1 cm³/mol. The molecule has 0 radical (unpaired) electrons. The summed E-state index contributed by atoms with van der Waals surface area (Å²) in [6.07, 6.45) is 2.53. The van der Waals surface area contributed by atoms with Crippen LogP contribution in [0.3, 0.4) is 0 Å². The van der Waals surface area contributed by atoms with Gasteiger partial charge in [0.25, 0.3) is 5.91 Å². The van der Waals surface area contributed by atoms with E-state index in [9.17, 15) is 9.18 Å². The highest BCUT2D eigenvalue weighted by Gasteiger charge is 2.42. The summed E-state index contributed by atoms with van der Waals surface area (Å²) in [6.45, 7) is 5.64. The number of carbonyl (C=O) groups excluding carboxylic acids is 1. The van der Waals surface area contributed by atoms with Crippen molar-refractivity contribution in [3.63, 3.8) is 0 Å². The maximum atomic E-state index is 13.3. The Morgan fingerprint density at radius 3 is 2.68 bits per heavy atom. The molecule has 3 rings (SSSR count). The second-order valence-corrected chi connectivity index (χ2v) is 6.53. The van der Waals surface area contributed by atoms with E-state index >= 15 is 0 Å². The first kappa shape index (κ1) is 14.7. The van der Waals surface area contributed by atoms with E-state index in [0.29, 0.717) is 18.7 Å². The summed E-state index contributed by atoms with van der Waals surface area (Å²) < 4.78 is 13.3. The van der Waals surface area contributed by atoms with Crippen LogP contribution in [0.2, 0.25) is 0 Å². The number of rotatable bonds is 2. The molecular weight excluding hydrogens is 279 g/mol. The topological polar surface area (TPSA) is 33.2 Å². The molecule has 0 saturated carbocycles. The standard InChI is InChI=1S/C18H19FN2O/c1-18(2)12-21(11-16(18)13-6-4-3-5-7-13)17(22)14-8-15(19)10-20-9-14/h3-10,16H,11-12H2,1-2H3. The van der Waals surface area contributed by atoms with Crippen LogP contribution >= 0.6 is 0 Å². The summed E-state index contributed by atoms with van der Waals surface area (Å²) in [6, 6.07) is 11.5. The van der Waals surface area contributed by atoms with Crippen molar-refractivity contribution >= 4 is 5.91 Å². The summed E-state index contributed by atoms with van der Waals surface area (Å²) >= 11 is 0. The van der Waals surface area contributed by atoms with Crippen LogP contribution in [0.4, 0.5) is 4.39 Å². The fraction of sp³-hybridized carbons (Fsp3) is 0.333. The summed E-state index contributed by atoms with van der Waals surface area (Å²) in [5.41, 5.74) is 1.53. The molecular formula is C18H19FN2O. The van der Waals surface area contributed by atoms with E-state index in [1.807, 2.05) is 18.2 Å². The number of nitrogens with zero attached hydrogens (tertiary/aromatic N) is 2. The second-order valence-electron chi connectivity index (χ2n) is 6.53. The van der Waals surface area contributed by atoms with E-state index in [1.165, 1.54) is 17.8 Å². The van der Waals surface area contributed by atoms with Crippen LogP contribution in [0.1, 0.15) is 35.7 Å². The van der Waals surface area contributed by atoms with Gasteiger partial charge in [0, 0.05) is 25.2 Å². The van der Waals surface area contributed by atoms with Crippen molar-refractivity contribution in [3.05, 3.63) is 65.7 Å². The summed E-state index contributed by atoms with van der Waals surface area (Å²) in [4.78, 5) is 18.2. The molecule has 114 valence electrons. The van der Waals surface area contributed by atoms with Gasteiger partial charge in [-0.15, -0.1) is 0 Å². The average Bonchev–Trinajstić information content (AvgIpc) is 2.83. The van der Waals surface area contributed by atoms with Gasteiger partial charge < -0.3 is 4.90 Å². The molecule has 1 aromatic heterocycles. The third kappa shape index (κ3) is 2.73. The Balaban J connectivity index is 1.84. The third-order valence-corrected chi connectivity index (χ3v) is 4.39. The first-order valence-electron chi connectivity index (χ1n) is 7.42. The van der Waals surface area contributed by atoms with Crippen LogP contribution in [0.5, 0.6) is 0 Å². The molecule has 1 saturated heterocycles. The molecule has 1 aliphatic rings. The van der Waals surface area contributed by atoms with E-state index in [2.05, 4.69) is 31.0 Å². The molecule has 4 heteroatoms. The maximum absolute atomic E-state index is 13.3. The number of hydrogen-bond donors (Lipinski definition) is 0. The molecule has 1 fully saturated rings. The van der Waals surface area contributed by atoms with E-state index in [4.69, 9.17) is 0 Å². The quantitative estimate of drug-likeness (QED) is 0.850. The predicted octanol–water partition coefficient (Wildman–Crippen LogP) is 3.49. The van der Waals surface area contributed by atoms with Gasteiger partial charge >= 0.3 is 0 Å². The van der Waals surface area contributed by atoms with E-state index in [1.54, 1.807) is 4.90 Å². The number of likely N-dealkylation sites (tertiary alicyclic amines) is 1. The monoisotopic (exact) mass is 298 g/mol. The minimum Gasteiger partial charge on any atom is -0.337 e. The van der Waals surface area contributed by atoms with Gasteiger partial charge in [0.2, 0.25) is 0 Å². The molecule has 0 N–H and O–H groups in total. The number of pyridine rings is 1. The number of halogens is 1. The van der Waals surface area contributed by atoms with Crippen LogP contribution in [-0.2, 0) is 0 Å². The molecule has 1 aromatic carbocycles. The molecule has 0 spiro atoms. The first-order chi connectivity index (χ1) is 10.5. The highest BCUT2D eigenvalue weighted by Crippen LogP contribution is 2.42. The van der Waals surface area contributed by atoms with Crippen molar-refractivity contribution < 1.29 is 9.18 Å². The highest BCUT2D eigenvalue weighted by molar-refractivity contribution is 5.94. The van der Waals surface area contributed by atoms with Crippen LogP contribution in [-0.4, -0.2) is 28.9 Å². The Morgan fingerprint density at radius 2 is 2.00 bits per heavy atom. The highest BCUT2D eigenvalue weighted by atomic mass is 19.1. The summed E-state index contributed by atoms with van der Waals surface area (Å²) in [7, 11) is 0. The lowest BCUT2D eigenvalue weighted by Gasteiger charge is -2.25. The normalized spacial score (nSPS) is 20.1. The Kier molecular flexibility index (Phi) is 3.69. The first-order valence-corrected chi connectivity index (χ1v) is 7.42. The van der Waals surface area contributed by atoms with Gasteiger partial charge in [-0.3, -0.25) is 9.78 Å². The van der Waals surface area contributed by atoms with Gasteiger partial charge in [-0.05, 0) is 17.0 Å². The van der Waals surface area contributed by atoms with Gasteiger partial charge in [0.15, 0.2) is 0 Å². The fourth-order valence-corrected chi connectivity index (χ4v) is 3.24. The van der Waals surface area contributed by atoms with Crippen molar-refractivity contribution in [2.45, 2.75) is 19.8 Å². The molecule has 0 aliphatic carbocycles. The molecule has 1 amide bonds. The Hall–Kier alpha value is -2.23. The lowest BCUT2D eigenvalue weighted by molar-refractivity contribution is 0.0777. The van der Waals surface area contributed by atoms with E-state index < -0.39 is 5.82 Å². The summed E-state index contributed by atoms with van der Waals surface area (Å²) in [5.74, 6) is -0.360. The van der Waals surface area contributed by atoms with Crippen molar-refractivity contribution in [1.82, 2.24) is 9.88 Å². The van der Waals surface area contributed by atoms with Gasteiger partial charge in [-0.25, -0.2) is 4.39 Å². The minimum atomic E-state index is -0.482. The third-order valence-electron chi connectivity index (χ3n) is 4.39. The Morgan fingerprint density at radius 1 is 1.27 bits per heavy atom. The fourth-order valence-electron chi connectivity index (χ4n) is 3.24. The molecule has 1 atom stereocenters. The minimum absolute atomic E-state index is 0.0161. The average molecular weight is 298 g/mol. The molecule has 1 unspecified atom stereocenters. The zero-order valence-electron chi connectivity index (χ0n) is 12.8. The molecule has 2 aromatic rings. The lowest BCUT2D eigenvalue weighted by Crippen LogP contribution is -2.30. The van der Waals surface area contributed by atoms with Crippen molar-refractivity contribution in [3.8, 4) is 0 Å².